The number of hydrogen-bond acceptors (Lipinski definition) is 6. The highest BCUT2D eigenvalue weighted by atomic mass is 19.4. The van der Waals surface area contributed by atoms with E-state index in [1.807, 2.05) is 35.4 Å². The maximum absolute atomic E-state index is 13.0. The van der Waals surface area contributed by atoms with Gasteiger partial charge >= 0.3 is 24.3 Å². The van der Waals surface area contributed by atoms with Gasteiger partial charge in [0.15, 0.2) is 0 Å². The Morgan fingerprint density at radius 3 is 1.98 bits per heavy atom. The maximum atomic E-state index is 13.0. The number of benzene rings is 1. The van der Waals surface area contributed by atoms with E-state index in [2.05, 4.69) is 23.3 Å². The van der Waals surface area contributed by atoms with Crippen LogP contribution in [-0.2, 0) is 21.7 Å². The molecule has 0 radical (unpaired) electrons. The highest BCUT2D eigenvalue weighted by Crippen LogP contribution is 2.41. The molecule has 41 heavy (non-hydrogen) atoms. The number of nitrogens with zero attached hydrogens (tertiary/aromatic N) is 4. The number of aryl methyl sites for hydroxylation is 1. The van der Waals surface area contributed by atoms with Crippen LogP contribution < -0.4 is 4.74 Å². The number of carboxylic acid groups (broad SMARTS) is 2. The van der Waals surface area contributed by atoms with Crippen LogP contribution in [-0.4, -0.2) is 93.1 Å². The molecule has 2 aliphatic rings. The molecule has 1 saturated heterocycles. The number of aromatic nitrogens is 2. The number of carbonyl (C=O) groups is 3. The number of ether oxygens (including phenoxy) is 1. The summed E-state index contributed by atoms with van der Waals surface area (Å²) in [6.45, 7) is 8.91. The van der Waals surface area contributed by atoms with E-state index in [-0.39, 0.29) is 11.4 Å². The van der Waals surface area contributed by atoms with Crippen LogP contribution in [0.25, 0.3) is 0 Å². The number of piperidine rings is 1. The minimum atomic E-state index is -5.08. The van der Waals surface area contributed by atoms with Gasteiger partial charge in [-0.05, 0) is 44.5 Å². The molecular weight excluding hydrogens is 566 g/mol. The van der Waals surface area contributed by atoms with E-state index in [0.717, 1.165) is 51.3 Å². The lowest BCUT2D eigenvalue weighted by Crippen LogP contribution is -2.58. The van der Waals surface area contributed by atoms with Crippen molar-refractivity contribution in [2.45, 2.75) is 51.1 Å². The summed E-state index contributed by atoms with van der Waals surface area (Å²) in [5.41, 5.74) is 1.88. The van der Waals surface area contributed by atoms with Gasteiger partial charge in [0.2, 0.25) is 0 Å². The van der Waals surface area contributed by atoms with E-state index in [0.29, 0.717) is 5.56 Å². The van der Waals surface area contributed by atoms with E-state index in [9.17, 15) is 31.1 Å². The van der Waals surface area contributed by atoms with Crippen molar-refractivity contribution >= 4 is 17.8 Å². The molecule has 0 saturated carbocycles. The van der Waals surface area contributed by atoms with Gasteiger partial charge in [-0.25, -0.2) is 14.6 Å². The number of carbonyl (C=O) groups excluding carboxylic acids is 1. The number of alkyl halides is 6. The SMILES string of the molecule is CCN1CCn2c(C)cnc2C12CCN(C(=O)c1cccc(OC)c1)CC2.O=C(O)C(F)(F)F.O=C(O)C(F)(F)F. The molecule has 1 aromatic carbocycles. The summed E-state index contributed by atoms with van der Waals surface area (Å²) in [6, 6.07) is 7.42. The fourth-order valence-electron chi connectivity index (χ4n) is 4.71. The number of hydrogen-bond donors (Lipinski definition) is 2. The third-order valence-electron chi connectivity index (χ3n) is 6.73. The average Bonchev–Trinajstić information content (AvgIpc) is 3.30. The highest BCUT2D eigenvalue weighted by Gasteiger charge is 2.47. The Bertz CT molecular complexity index is 1200. The molecule has 1 spiro atoms. The number of halogens is 6. The Labute approximate surface area is 231 Å². The molecule has 1 fully saturated rings. The lowest BCUT2D eigenvalue weighted by Gasteiger charge is -2.50. The van der Waals surface area contributed by atoms with Crippen LogP contribution in [0.5, 0.6) is 5.75 Å². The molecule has 3 heterocycles. The summed E-state index contributed by atoms with van der Waals surface area (Å²) in [4.78, 5) is 40.1. The van der Waals surface area contributed by atoms with E-state index >= 15 is 0 Å². The second-order valence-electron chi connectivity index (χ2n) is 9.12. The quantitative estimate of drug-likeness (QED) is 0.511. The normalized spacial score (nSPS) is 16.5. The number of amides is 1. The van der Waals surface area contributed by atoms with Crippen LogP contribution in [0, 0.1) is 6.92 Å². The smallest absolute Gasteiger partial charge is 0.490 e. The molecule has 0 atom stereocenters. The third-order valence-corrected chi connectivity index (χ3v) is 6.73. The lowest BCUT2D eigenvalue weighted by atomic mass is 9.83. The zero-order chi connectivity index (χ0) is 31.2. The minimum Gasteiger partial charge on any atom is -0.497 e. The number of methoxy groups -OCH3 is 1. The topological polar surface area (TPSA) is 125 Å². The van der Waals surface area contributed by atoms with E-state index < -0.39 is 24.3 Å². The first-order valence-corrected chi connectivity index (χ1v) is 12.3. The predicted octanol–water partition coefficient (Wildman–Crippen LogP) is 3.93. The number of rotatable bonds is 3. The molecule has 1 aromatic heterocycles. The van der Waals surface area contributed by atoms with E-state index in [1.54, 1.807) is 7.11 Å². The molecule has 2 aliphatic heterocycles. The van der Waals surface area contributed by atoms with Gasteiger partial charge < -0.3 is 24.4 Å². The van der Waals surface area contributed by atoms with Crippen molar-refractivity contribution in [1.29, 1.82) is 0 Å². The first-order valence-electron chi connectivity index (χ1n) is 12.3. The molecular formula is C25H30F6N4O6. The largest absolute Gasteiger partial charge is 0.497 e. The molecule has 10 nitrogen and oxygen atoms in total. The van der Waals surface area contributed by atoms with Crippen molar-refractivity contribution in [3.63, 3.8) is 0 Å². The number of imidazole rings is 1. The standard InChI is InChI=1S/C21H28N4O2.2C2HF3O2/c1-4-24-12-13-25-16(2)15-22-20(25)21(24)8-10-23(11-9-21)19(26)17-6-5-7-18(14-17)27-3;2*3-2(4,5)1(6)7/h5-7,14-15H,4,8-13H2,1-3H3;2*(H,6,7). The van der Waals surface area contributed by atoms with Gasteiger partial charge in [0.05, 0.1) is 12.6 Å². The molecule has 0 aliphatic carbocycles. The van der Waals surface area contributed by atoms with Gasteiger partial charge in [0, 0.05) is 43.6 Å². The van der Waals surface area contributed by atoms with Crippen molar-refractivity contribution in [3.05, 3.63) is 47.5 Å². The van der Waals surface area contributed by atoms with Crippen molar-refractivity contribution < 1.29 is 55.7 Å². The Morgan fingerprint density at radius 2 is 1.51 bits per heavy atom. The predicted molar refractivity (Wildman–Crippen MR) is 131 cm³/mol. The fourth-order valence-corrected chi connectivity index (χ4v) is 4.71. The Morgan fingerprint density at radius 1 is 0.976 bits per heavy atom. The summed E-state index contributed by atoms with van der Waals surface area (Å²) in [7, 11) is 1.63. The Kier molecular flexibility index (Phi) is 10.8. The second kappa shape index (κ2) is 13.2. The van der Waals surface area contributed by atoms with Crippen molar-refractivity contribution in [2.24, 2.45) is 0 Å². The average molecular weight is 597 g/mol. The van der Waals surface area contributed by atoms with Crippen LogP contribution in [0.4, 0.5) is 26.3 Å². The summed E-state index contributed by atoms with van der Waals surface area (Å²) in [5.74, 6) is -3.53. The minimum absolute atomic E-state index is 0.0492. The van der Waals surface area contributed by atoms with Crippen LogP contribution in [0.1, 0.15) is 41.6 Å². The van der Waals surface area contributed by atoms with Gasteiger partial charge in [0.1, 0.15) is 11.6 Å². The number of likely N-dealkylation sites (tertiary alicyclic amines) is 1. The van der Waals surface area contributed by atoms with Crippen LogP contribution in [0.3, 0.4) is 0 Å². The summed E-state index contributed by atoms with van der Waals surface area (Å²) in [5, 5.41) is 14.2. The van der Waals surface area contributed by atoms with Crippen LogP contribution in [0.15, 0.2) is 30.5 Å². The van der Waals surface area contributed by atoms with Crippen LogP contribution in [0.2, 0.25) is 0 Å². The molecule has 228 valence electrons. The summed E-state index contributed by atoms with van der Waals surface area (Å²) >= 11 is 0. The molecule has 0 unspecified atom stereocenters. The van der Waals surface area contributed by atoms with Crippen molar-refractivity contribution in [1.82, 2.24) is 19.4 Å². The zero-order valence-electron chi connectivity index (χ0n) is 22.4. The molecule has 1 amide bonds. The highest BCUT2D eigenvalue weighted by molar-refractivity contribution is 5.94. The first-order chi connectivity index (χ1) is 19.0. The number of likely N-dealkylation sites (N-methyl/N-ethyl adjacent to an activating group) is 1. The third kappa shape index (κ3) is 8.11. The van der Waals surface area contributed by atoms with Gasteiger partial charge in [0.25, 0.3) is 5.91 Å². The first kappa shape index (κ1) is 33.4. The lowest BCUT2D eigenvalue weighted by molar-refractivity contribution is -0.193. The van der Waals surface area contributed by atoms with Crippen molar-refractivity contribution in [2.75, 3.05) is 33.3 Å². The molecule has 4 rings (SSSR count). The number of fused-ring (bicyclic) bond motifs is 2. The maximum Gasteiger partial charge on any atom is 0.490 e. The molecule has 2 aromatic rings. The van der Waals surface area contributed by atoms with Gasteiger partial charge in [-0.2, -0.15) is 26.3 Å². The Hall–Kier alpha value is -3.82. The molecule has 0 bridgehead atoms. The van der Waals surface area contributed by atoms with Crippen molar-refractivity contribution in [3.8, 4) is 5.75 Å². The molecule has 2 N–H and O–H groups in total. The number of aliphatic carboxylic acids is 2. The summed E-state index contributed by atoms with van der Waals surface area (Å²) in [6.07, 6.45) is -6.33. The fraction of sp³-hybridized carbons (Fsp3) is 0.520. The van der Waals surface area contributed by atoms with Gasteiger partial charge in [-0.3, -0.25) is 9.69 Å². The van der Waals surface area contributed by atoms with E-state index in [4.69, 9.17) is 29.5 Å². The van der Waals surface area contributed by atoms with Gasteiger partial charge in [-0.1, -0.05) is 13.0 Å². The summed E-state index contributed by atoms with van der Waals surface area (Å²) < 4.78 is 71.1. The van der Waals surface area contributed by atoms with Gasteiger partial charge in [-0.15, -0.1) is 0 Å². The number of carboxylic acids is 2. The monoisotopic (exact) mass is 596 g/mol. The Balaban J connectivity index is 0.000000349. The molecule has 16 heteroatoms. The van der Waals surface area contributed by atoms with E-state index in [1.165, 1.54) is 11.5 Å². The zero-order valence-corrected chi connectivity index (χ0v) is 22.4. The van der Waals surface area contributed by atoms with Crippen LogP contribution >= 0.6 is 0 Å². The second-order valence-corrected chi connectivity index (χ2v) is 9.12.